The first-order valence-electron chi connectivity index (χ1n) is 8.93. The van der Waals surface area contributed by atoms with Crippen molar-refractivity contribution in [2.45, 2.75) is 12.5 Å². The Morgan fingerprint density at radius 3 is 2.66 bits per heavy atom. The molecule has 152 valence electrons. The monoisotopic (exact) mass is 495 g/mol. The maximum atomic E-state index is 13.0. The third kappa shape index (κ3) is 4.54. The third-order valence-corrected chi connectivity index (χ3v) is 7.84. The van der Waals surface area contributed by atoms with Crippen LogP contribution in [-0.4, -0.2) is 54.3 Å². The van der Waals surface area contributed by atoms with Crippen molar-refractivity contribution in [3.63, 3.8) is 0 Å². The molecule has 1 aromatic carbocycles. The Morgan fingerprint density at radius 2 is 2.00 bits per heavy atom. The minimum atomic E-state index is -3.26. The van der Waals surface area contributed by atoms with Crippen molar-refractivity contribution in [2.24, 2.45) is 0 Å². The summed E-state index contributed by atoms with van der Waals surface area (Å²) in [6.45, 7) is 0.147. The summed E-state index contributed by atoms with van der Waals surface area (Å²) >= 11 is 4.91. The van der Waals surface area contributed by atoms with Crippen LogP contribution in [0, 0.1) is 0 Å². The highest BCUT2D eigenvalue weighted by Gasteiger charge is 2.34. The van der Waals surface area contributed by atoms with Gasteiger partial charge in [0.1, 0.15) is 17.6 Å². The molecule has 0 unspecified atom stereocenters. The molecule has 1 aliphatic rings. The minimum Gasteiger partial charge on any atom is -0.350 e. The number of H-pyrrole nitrogens is 1. The summed E-state index contributed by atoms with van der Waals surface area (Å²) in [7, 11) is -3.26. The summed E-state index contributed by atoms with van der Waals surface area (Å²) in [4.78, 5) is 30.2. The second-order valence-electron chi connectivity index (χ2n) is 6.91. The molecule has 29 heavy (non-hydrogen) atoms. The summed E-state index contributed by atoms with van der Waals surface area (Å²) in [6.07, 6.45) is 0.280. The van der Waals surface area contributed by atoms with Crippen molar-refractivity contribution in [1.29, 1.82) is 0 Å². The van der Waals surface area contributed by atoms with E-state index in [0.29, 0.717) is 5.69 Å². The number of benzene rings is 1. The van der Waals surface area contributed by atoms with Crippen LogP contribution in [0.5, 0.6) is 0 Å². The Kier molecular flexibility index (Phi) is 5.50. The average Bonchev–Trinajstić information content (AvgIpc) is 3.33. The quantitative estimate of drug-likeness (QED) is 0.567. The second-order valence-corrected chi connectivity index (χ2v) is 11.5. The fourth-order valence-corrected chi connectivity index (χ4v) is 6.20. The Labute approximate surface area is 180 Å². The van der Waals surface area contributed by atoms with Gasteiger partial charge in [-0.1, -0.05) is 30.3 Å². The van der Waals surface area contributed by atoms with E-state index in [0.717, 1.165) is 19.6 Å². The van der Waals surface area contributed by atoms with Gasteiger partial charge in [-0.25, -0.2) is 8.42 Å². The molecule has 1 fully saturated rings. The molecular weight excluding hydrogens is 478 g/mol. The SMILES string of the molecule is O=C(N[C@@H](Cc1ccccc1)C(=O)N1CCS(=O)(=O)C1)c1cc2sc(Br)cc2[nH]1. The van der Waals surface area contributed by atoms with Crippen LogP contribution in [0.15, 0.2) is 46.3 Å². The van der Waals surface area contributed by atoms with Gasteiger partial charge in [0, 0.05) is 13.0 Å². The highest BCUT2D eigenvalue weighted by atomic mass is 79.9. The van der Waals surface area contributed by atoms with Gasteiger partial charge in [0.05, 0.1) is 19.8 Å². The van der Waals surface area contributed by atoms with Gasteiger partial charge in [-0.15, -0.1) is 11.3 Å². The van der Waals surface area contributed by atoms with E-state index < -0.39 is 21.8 Å². The van der Waals surface area contributed by atoms with E-state index in [1.165, 1.54) is 16.2 Å². The maximum Gasteiger partial charge on any atom is 0.268 e. The number of hydrogen-bond acceptors (Lipinski definition) is 5. The molecule has 0 aliphatic carbocycles. The number of carbonyl (C=O) groups excluding carboxylic acids is 2. The molecule has 0 radical (unpaired) electrons. The zero-order valence-electron chi connectivity index (χ0n) is 15.2. The molecule has 0 spiro atoms. The van der Waals surface area contributed by atoms with Crippen LogP contribution >= 0.6 is 27.3 Å². The van der Waals surface area contributed by atoms with Crippen LogP contribution in [0.1, 0.15) is 16.1 Å². The number of amides is 2. The predicted molar refractivity (Wildman–Crippen MR) is 116 cm³/mol. The maximum absolute atomic E-state index is 13.0. The number of nitrogens with one attached hydrogen (secondary N) is 2. The highest BCUT2D eigenvalue weighted by molar-refractivity contribution is 9.11. The first kappa shape index (κ1) is 20.1. The number of thiophene rings is 1. The Hall–Kier alpha value is -2.17. The number of hydrogen-bond donors (Lipinski definition) is 2. The third-order valence-electron chi connectivity index (χ3n) is 4.74. The number of rotatable bonds is 5. The normalized spacial score (nSPS) is 16.8. The standard InChI is InChI=1S/C19H18BrN3O4S2/c20-17-10-13-16(28-17)9-14(21-13)18(24)22-15(8-12-4-2-1-3-5-12)19(25)23-6-7-29(26,27)11-23/h1-5,9-10,15,21H,6-8,11H2,(H,22,24)/t15-/m0/s1. The van der Waals surface area contributed by atoms with E-state index >= 15 is 0 Å². The van der Waals surface area contributed by atoms with Crippen LogP contribution in [0.25, 0.3) is 10.2 Å². The Bertz CT molecular complexity index is 1140. The van der Waals surface area contributed by atoms with Crippen LogP contribution in [-0.2, 0) is 21.1 Å². The summed E-state index contributed by atoms with van der Waals surface area (Å²) in [5, 5.41) is 2.79. The first-order valence-corrected chi connectivity index (χ1v) is 12.4. The molecule has 10 heteroatoms. The molecule has 1 aliphatic heterocycles. The molecule has 7 nitrogen and oxygen atoms in total. The summed E-state index contributed by atoms with van der Waals surface area (Å²) < 4.78 is 25.4. The van der Waals surface area contributed by atoms with Crippen molar-refractivity contribution < 1.29 is 18.0 Å². The van der Waals surface area contributed by atoms with Gasteiger partial charge in [-0.3, -0.25) is 9.59 Å². The summed E-state index contributed by atoms with van der Waals surface area (Å²) in [6, 6.07) is 12.1. The molecule has 3 aromatic rings. The molecule has 0 bridgehead atoms. The molecule has 2 aromatic heterocycles. The van der Waals surface area contributed by atoms with Gasteiger partial charge in [0.15, 0.2) is 9.84 Å². The van der Waals surface area contributed by atoms with E-state index in [4.69, 9.17) is 0 Å². The van der Waals surface area contributed by atoms with Crippen molar-refractivity contribution >= 4 is 59.1 Å². The Balaban J connectivity index is 1.56. The number of sulfone groups is 1. The molecule has 0 saturated carbocycles. The van der Waals surface area contributed by atoms with Gasteiger partial charge in [-0.05, 0) is 33.6 Å². The summed E-state index contributed by atoms with van der Waals surface area (Å²) in [5.74, 6) is -1.15. The number of halogens is 1. The topological polar surface area (TPSA) is 99.3 Å². The number of aromatic amines is 1. The summed E-state index contributed by atoms with van der Waals surface area (Å²) in [5.41, 5.74) is 2.08. The van der Waals surface area contributed by atoms with E-state index in [9.17, 15) is 18.0 Å². The lowest BCUT2D eigenvalue weighted by molar-refractivity contribution is -0.131. The van der Waals surface area contributed by atoms with E-state index in [1.807, 2.05) is 36.4 Å². The van der Waals surface area contributed by atoms with Crippen LogP contribution in [0.3, 0.4) is 0 Å². The number of aromatic nitrogens is 1. The average molecular weight is 496 g/mol. The molecule has 4 rings (SSSR count). The van der Waals surface area contributed by atoms with Gasteiger partial charge in [0.2, 0.25) is 5.91 Å². The molecule has 1 saturated heterocycles. The molecule has 1 atom stereocenters. The zero-order valence-corrected chi connectivity index (χ0v) is 18.4. The molecule has 3 heterocycles. The van der Waals surface area contributed by atoms with Gasteiger partial charge in [0.25, 0.3) is 5.91 Å². The van der Waals surface area contributed by atoms with E-state index in [2.05, 4.69) is 26.2 Å². The fourth-order valence-electron chi connectivity index (χ4n) is 3.31. The van der Waals surface area contributed by atoms with Crippen molar-refractivity contribution in [2.75, 3.05) is 18.2 Å². The number of carbonyl (C=O) groups is 2. The van der Waals surface area contributed by atoms with E-state index in [1.54, 1.807) is 6.07 Å². The van der Waals surface area contributed by atoms with Crippen molar-refractivity contribution in [3.8, 4) is 0 Å². The second kappa shape index (κ2) is 7.92. The Morgan fingerprint density at radius 1 is 1.24 bits per heavy atom. The smallest absolute Gasteiger partial charge is 0.268 e. The lowest BCUT2D eigenvalue weighted by Gasteiger charge is -2.23. The van der Waals surface area contributed by atoms with Gasteiger partial charge < -0.3 is 15.2 Å². The van der Waals surface area contributed by atoms with E-state index in [-0.39, 0.29) is 30.5 Å². The molecular formula is C19H18BrN3O4S2. The first-order chi connectivity index (χ1) is 13.8. The molecule has 2 N–H and O–H groups in total. The van der Waals surface area contributed by atoms with Gasteiger partial charge >= 0.3 is 0 Å². The zero-order chi connectivity index (χ0) is 20.6. The fraction of sp³-hybridized carbons (Fsp3) is 0.263. The minimum absolute atomic E-state index is 0.0491. The van der Waals surface area contributed by atoms with Crippen LogP contribution in [0.2, 0.25) is 0 Å². The van der Waals surface area contributed by atoms with Crippen LogP contribution < -0.4 is 5.32 Å². The lowest BCUT2D eigenvalue weighted by Crippen LogP contribution is -2.49. The van der Waals surface area contributed by atoms with Crippen molar-refractivity contribution in [1.82, 2.24) is 15.2 Å². The van der Waals surface area contributed by atoms with Crippen molar-refractivity contribution in [3.05, 3.63) is 57.5 Å². The number of nitrogens with zero attached hydrogens (tertiary/aromatic N) is 1. The van der Waals surface area contributed by atoms with Gasteiger partial charge in [-0.2, -0.15) is 0 Å². The van der Waals surface area contributed by atoms with Crippen LogP contribution in [0.4, 0.5) is 0 Å². The predicted octanol–water partition coefficient (Wildman–Crippen LogP) is 2.55. The largest absolute Gasteiger partial charge is 0.350 e. The lowest BCUT2D eigenvalue weighted by atomic mass is 10.0. The molecule has 2 amide bonds. The highest BCUT2D eigenvalue weighted by Crippen LogP contribution is 2.30. The number of fused-ring (bicyclic) bond motifs is 1.